The third kappa shape index (κ3) is 3.80. The fraction of sp³-hybridized carbons (Fsp3) is 0.556. The zero-order valence-corrected chi connectivity index (χ0v) is 14.4. The predicted molar refractivity (Wildman–Crippen MR) is 89.3 cm³/mol. The molecular formula is C18H25NO5. The van der Waals surface area contributed by atoms with Crippen molar-refractivity contribution < 1.29 is 24.2 Å². The smallest absolute Gasteiger partial charge is 0.319 e. The SMILES string of the molecule is CCCCOc1ccc(C(C)NC(=O)C2(C(=O)O)CC2)cc1OC. The molecule has 1 aliphatic carbocycles. The van der Waals surface area contributed by atoms with Crippen molar-refractivity contribution in [3.05, 3.63) is 23.8 Å². The van der Waals surface area contributed by atoms with Gasteiger partial charge in [0.1, 0.15) is 5.41 Å². The van der Waals surface area contributed by atoms with Crippen molar-refractivity contribution in [1.82, 2.24) is 5.32 Å². The lowest BCUT2D eigenvalue weighted by atomic mass is 10.0. The van der Waals surface area contributed by atoms with Crippen LogP contribution in [0.2, 0.25) is 0 Å². The maximum Gasteiger partial charge on any atom is 0.319 e. The Morgan fingerprint density at radius 2 is 2.04 bits per heavy atom. The first-order valence-corrected chi connectivity index (χ1v) is 8.29. The number of aliphatic carboxylic acids is 1. The van der Waals surface area contributed by atoms with E-state index in [0.717, 1.165) is 18.4 Å². The molecule has 1 aliphatic rings. The molecule has 0 saturated heterocycles. The van der Waals surface area contributed by atoms with Crippen LogP contribution < -0.4 is 14.8 Å². The first-order chi connectivity index (χ1) is 11.4. The molecule has 0 aromatic heterocycles. The highest BCUT2D eigenvalue weighted by Crippen LogP contribution is 2.46. The zero-order valence-electron chi connectivity index (χ0n) is 14.4. The largest absolute Gasteiger partial charge is 0.493 e. The van der Waals surface area contributed by atoms with E-state index >= 15 is 0 Å². The van der Waals surface area contributed by atoms with E-state index < -0.39 is 17.3 Å². The van der Waals surface area contributed by atoms with E-state index in [-0.39, 0.29) is 6.04 Å². The lowest BCUT2D eigenvalue weighted by Crippen LogP contribution is -2.38. The second kappa shape index (κ2) is 7.55. The number of carbonyl (C=O) groups excluding carboxylic acids is 1. The van der Waals surface area contributed by atoms with Crippen LogP contribution in [0.4, 0.5) is 0 Å². The van der Waals surface area contributed by atoms with Gasteiger partial charge in [-0.15, -0.1) is 0 Å². The van der Waals surface area contributed by atoms with Crippen LogP contribution >= 0.6 is 0 Å². The van der Waals surface area contributed by atoms with Crippen LogP contribution in [0.1, 0.15) is 51.1 Å². The highest BCUT2D eigenvalue weighted by atomic mass is 16.5. The molecule has 2 N–H and O–H groups in total. The van der Waals surface area contributed by atoms with E-state index in [1.807, 2.05) is 25.1 Å². The molecule has 1 aromatic rings. The maximum atomic E-state index is 12.2. The first-order valence-electron chi connectivity index (χ1n) is 8.29. The summed E-state index contributed by atoms with van der Waals surface area (Å²) in [5.74, 6) is -0.212. The summed E-state index contributed by atoms with van der Waals surface area (Å²) in [6.07, 6.45) is 2.81. The van der Waals surface area contributed by atoms with Crippen molar-refractivity contribution in [2.24, 2.45) is 5.41 Å². The van der Waals surface area contributed by atoms with E-state index in [1.54, 1.807) is 7.11 Å². The lowest BCUT2D eigenvalue weighted by Gasteiger charge is -2.19. The minimum absolute atomic E-state index is 0.312. The van der Waals surface area contributed by atoms with Gasteiger partial charge >= 0.3 is 5.97 Å². The van der Waals surface area contributed by atoms with Crippen molar-refractivity contribution in [2.45, 2.75) is 45.6 Å². The van der Waals surface area contributed by atoms with Gasteiger partial charge in [0.25, 0.3) is 0 Å². The number of hydrogen-bond donors (Lipinski definition) is 2. The van der Waals surface area contributed by atoms with Crippen molar-refractivity contribution in [3.8, 4) is 11.5 Å². The minimum atomic E-state index is -1.23. The van der Waals surface area contributed by atoms with Crippen LogP contribution in [0.3, 0.4) is 0 Å². The van der Waals surface area contributed by atoms with Crippen LogP contribution in [-0.2, 0) is 9.59 Å². The maximum absolute atomic E-state index is 12.2. The highest BCUT2D eigenvalue weighted by Gasteiger charge is 2.57. The van der Waals surface area contributed by atoms with Crippen LogP contribution in [0.25, 0.3) is 0 Å². The van der Waals surface area contributed by atoms with E-state index in [1.165, 1.54) is 0 Å². The molecule has 1 fully saturated rings. The molecule has 0 bridgehead atoms. The number of carboxylic acids is 1. The highest BCUT2D eigenvalue weighted by molar-refractivity contribution is 6.04. The summed E-state index contributed by atoms with van der Waals surface area (Å²) >= 11 is 0. The average molecular weight is 335 g/mol. The minimum Gasteiger partial charge on any atom is -0.493 e. The summed E-state index contributed by atoms with van der Waals surface area (Å²) in [5.41, 5.74) is -0.397. The molecule has 1 unspecified atom stereocenters. The molecule has 0 spiro atoms. The molecule has 132 valence electrons. The standard InChI is InChI=1S/C18H25NO5/c1-4-5-10-24-14-7-6-13(11-15(14)23-3)12(2)19-16(20)18(8-9-18)17(21)22/h6-7,11-12H,4-5,8-10H2,1-3H3,(H,19,20)(H,21,22). The molecule has 1 atom stereocenters. The fourth-order valence-corrected chi connectivity index (χ4v) is 2.48. The summed E-state index contributed by atoms with van der Waals surface area (Å²) in [7, 11) is 1.57. The van der Waals surface area contributed by atoms with E-state index in [9.17, 15) is 14.7 Å². The van der Waals surface area contributed by atoms with Gasteiger partial charge in [0.2, 0.25) is 5.91 Å². The van der Waals surface area contributed by atoms with Gasteiger partial charge in [-0.1, -0.05) is 19.4 Å². The quantitative estimate of drug-likeness (QED) is 0.535. The number of unbranched alkanes of at least 4 members (excludes halogenated alkanes) is 1. The Kier molecular flexibility index (Phi) is 5.70. The number of hydrogen-bond acceptors (Lipinski definition) is 4. The molecule has 1 aromatic carbocycles. The van der Waals surface area contributed by atoms with E-state index in [4.69, 9.17) is 9.47 Å². The molecule has 6 heteroatoms. The van der Waals surface area contributed by atoms with Crippen LogP contribution in [0, 0.1) is 5.41 Å². The van der Waals surface area contributed by atoms with Gasteiger partial charge in [0.15, 0.2) is 11.5 Å². The third-order valence-corrected chi connectivity index (χ3v) is 4.38. The number of rotatable bonds is 9. The van der Waals surface area contributed by atoms with Gasteiger partial charge in [-0.25, -0.2) is 0 Å². The Bertz CT molecular complexity index is 609. The normalized spacial score (nSPS) is 16.1. The second-order valence-electron chi connectivity index (χ2n) is 6.19. The Morgan fingerprint density at radius 1 is 1.33 bits per heavy atom. The average Bonchev–Trinajstić information content (AvgIpc) is 3.37. The van der Waals surface area contributed by atoms with Crippen molar-refractivity contribution in [2.75, 3.05) is 13.7 Å². The van der Waals surface area contributed by atoms with Crippen molar-refractivity contribution >= 4 is 11.9 Å². The predicted octanol–water partition coefficient (Wildman–Crippen LogP) is 2.92. The number of carbonyl (C=O) groups is 2. The zero-order chi connectivity index (χ0) is 17.7. The molecule has 2 rings (SSSR count). The molecule has 0 heterocycles. The molecule has 24 heavy (non-hydrogen) atoms. The Labute approximate surface area is 142 Å². The number of ether oxygens (including phenoxy) is 2. The Morgan fingerprint density at radius 3 is 2.58 bits per heavy atom. The number of nitrogens with one attached hydrogen (secondary N) is 1. The molecule has 0 aliphatic heterocycles. The molecule has 1 saturated carbocycles. The van der Waals surface area contributed by atoms with Gasteiger partial charge in [-0.05, 0) is 43.9 Å². The number of carboxylic acid groups (broad SMARTS) is 1. The van der Waals surface area contributed by atoms with Crippen molar-refractivity contribution in [1.29, 1.82) is 0 Å². The van der Waals surface area contributed by atoms with E-state index in [0.29, 0.717) is 30.9 Å². The molecule has 6 nitrogen and oxygen atoms in total. The summed E-state index contributed by atoms with van der Waals surface area (Å²) < 4.78 is 11.0. The number of benzene rings is 1. The number of amides is 1. The van der Waals surface area contributed by atoms with Crippen LogP contribution in [0.5, 0.6) is 11.5 Å². The summed E-state index contributed by atoms with van der Waals surface area (Å²) in [6, 6.07) is 5.17. The molecular weight excluding hydrogens is 310 g/mol. The first kappa shape index (κ1) is 18.1. The van der Waals surface area contributed by atoms with Crippen molar-refractivity contribution in [3.63, 3.8) is 0 Å². The lowest BCUT2D eigenvalue weighted by molar-refractivity contribution is -0.149. The topological polar surface area (TPSA) is 84.9 Å². The summed E-state index contributed by atoms with van der Waals surface area (Å²) in [6.45, 7) is 4.54. The fourth-order valence-electron chi connectivity index (χ4n) is 2.48. The monoisotopic (exact) mass is 335 g/mol. The number of methoxy groups -OCH3 is 1. The van der Waals surface area contributed by atoms with Crippen LogP contribution in [-0.4, -0.2) is 30.7 Å². The molecule has 0 radical (unpaired) electrons. The Balaban J connectivity index is 2.05. The van der Waals surface area contributed by atoms with Gasteiger partial charge < -0.3 is 19.9 Å². The Hall–Kier alpha value is -2.24. The van der Waals surface area contributed by atoms with Gasteiger partial charge in [-0.3, -0.25) is 9.59 Å². The third-order valence-electron chi connectivity index (χ3n) is 4.38. The molecule has 1 amide bonds. The van der Waals surface area contributed by atoms with Gasteiger partial charge in [0.05, 0.1) is 19.8 Å². The second-order valence-corrected chi connectivity index (χ2v) is 6.19. The summed E-state index contributed by atoms with van der Waals surface area (Å²) in [5, 5.41) is 12.0. The van der Waals surface area contributed by atoms with Gasteiger partial charge in [-0.2, -0.15) is 0 Å². The summed E-state index contributed by atoms with van der Waals surface area (Å²) in [4.78, 5) is 23.4. The van der Waals surface area contributed by atoms with Crippen LogP contribution in [0.15, 0.2) is 18.2 Å². The van der Waals surface area contributed by atoms with E-state index in [2.05, 4.69) is 12.2 Å². The van der Waals surface area contributed by atoms with Gasteiger partial charge in [0, 0.05) is 0 Å².